The van der Waals surface area contributed by atoms with E-state index in [0.717, 1.165) is 18.8 Å². The van der Waals surface area contributed by atoms with Crippen LogP contribution in [0.4, 0.5) is 11.4 Å². The van der Waals surface area contributed by atoms with Gasteiger partial charge in [0.1, 0.15) is 0 Å². The minimum Gasteiger partial charge on any atom is -0.383 e. The van der Waals surface area contributed by atoms with Gasteiger partial charge in [-0.25, -0.2) is 0 Å². The van der Waals surface area contributed by atoms with Crippen LogP contribution in [-0.2, 0) is 9.53 Å². The zero-order valence-electron chi connectivity index (χ0n) is 12.7. The van der Waals surface area contributed by atoms with Crippen LogP contribution >= 0.6 is 0 Å². The van der Waals surface area contributed by atoms with Gasteiger partial charge in [0.25, 0.3) is 0 Å². The maximum absolute atomic E-state index is 11.6. The Bertz CT molecular complexity index is 428. The van der Waals surface area contributed by atoms with E-state index in [-0.39, 0.29) is 12.5 Å². The molecule has 2 rings (SSSR count). The maximum atomic E-state index is 11.6. The van der Waals surface area contributed by atoms with E-state index < -0.39 is 0 Å². The average Bonchev–Trinajstić information content (AvgIpc) is 2.54. The molecule has 5 heteroatoms. The summed E-state index contributed by atoms with van der Waals surface area (Å²) in [7, 11) is 1.62. The second-order valence-corrected chi connectivity index (χ2v) is 5.29. The molecule has 0 atom stereocenters. The Morgan fingerprint density at radius 3 is 2.57 bits per heavy atom. The van der Waals surface area contributed by atoms with Crippen molar-refractivity contribution in [1.29, 1.82) is 0 Å². The average molecular weight is 291 g/mol. The summed E-state index contributed by atoms with van der Waals surface area (Å²) in [5, 5.41) is 5.91. The van der Waals surface area contributed by atoms with Gasteiger partial charge in [-0.2, -0.15) is 0 Å². The molecule has 1 aliphatic heterocycles. The molecule has 2 N–H and O–H groups in total. The summed E-state index contributed by atoms with van der Waals surface area (Å²) in [6.45, 7) is 3.66. The molecular formula is C16H25N3O2. The van der Waals surface area contributed by atoms with Crippen molar-refractivity contribution in [2.75, 3.05) is 50.1 Å². The molecule has 21 heavy (non-hydrogen) atoms. The number of hydrogen-bond acceptors (Lipinski definition) is 4. The predicted molar refractivity (Wildman–Crippen MR) is 85.9 cm³/mol. The number of rotatable bonds is 7. The smallest absolute Gasteiger partial charge is 0.239 e. The standard InChI is InChI=1S/C16H25N3O2/c1-21-12-9-17-16(20)13-18-14-5-7-15(8-6-14)19-10-3-2-4-11-19/h5-8,18H,2-4,9-13H2,1H3,(H,17,20). The molecule has 116 valence electrons. The first-order valence-corrected chi connectivity index (χ1v) is 7.64. The third kappa shape index (κ3) is 5.27. The fraction of sp³-hybridized carbons (Fsp3) is 0.562. The molecule has 0 bridgehead atoms. The predicted octanol–water partition coefficient (Wildman–Crippen LogP) is 1.85. The highest BCUT2D eigenvalue weighted by atomic mass is 16.5. The third-order valence-corrected chi connectivity index (χ3v) is 3.67. The molecule has 0 radical (unpaired) electrons. The lowest BCUT2D eigenvalue weighted by Gasteiger charge is -2.28. The molecule has 0 spiro atoms. The highest BCUT2D eigenvalue weighted by Gasteiger charge is 2.10. The van der Waals surface area contributed by atoms with Crippen molar-refractivity contribution >= 4 is 17.3 Å². The van der Waals surface area contributed by atoms with Gasteiger partial charge in [0.2, 0.25) is 5.91 Å². The summed E-state index contributed by atoms with van der Waals surface area (Å²) in [5.41, 5.74) is 2.24. The Balaban J connectivity index is 1.75. The number of amides is 1. The first kappa shape index (κ1) is 15.6. The van der Waals surface area contributed by atoms with E-state index in [2.05, 4.69) is 27.7 Å². The van der Waals surface area contributed by atoms with Crippen molar-refractivity contribution in [3.63, 3.8) is 0 Å². The number of hydrogen-bond donors (Lipinski definition) is 2. The van der Waals surface area contributed by atoms with E-state index >= 15 is 0 Å². The number of anilines is 2. The number of benzene rings is 1. The Hall–Kier alpha value is -1.75. The van der Waals surface area contributed by atoms with Crippen LogP contribution in [-0.4, -0.2) is 45.8 Å². The van der Waals surface area contributed by atoms with Crippen LogP contribution in [0, 0.1) is 0 Å². The van der Waals surface area contributed by atoms with Crippen molar-refractivity contribution < 1.29 is 9.53 Å². The fourth-order valence-electron chi connectivity index (χ4n) is 2.48. The van der Waals surface area contributed by atoms with Gasteiger partial charge in [-0.3, -0.25) is 4.79 Å². The largest absolute Gasteiger partial charge is 0.383 e. The number of carbonyl (C=O) groups excluding carboxylic acids is 1. The van der Waals surface area contributed by atoms with Crippen molar-refractivity contribution in [1.82, 2.24) is 5.32 Å². The van der Waals surface area contributed by atoms with E-state index in [1.165, 1.54) is 24.9 Å². The molecule has 1 aliphatic rings. The molecule has 1 aromatic carbocycles. The van der Waals surface area contributed by atoms with Gasteiger partial charge >= 0.3 is 0 Å². The van der Waals surface area contributed by atoms with Crippen LogP contribution in [0.2, 0.25) is 0 Å². The van der Waals surface area contributed by atoms with Crippen molar-refractivity contribution in [3.8, 4) is 0 Å². The molecule has 1 saturated heterocycles. The lowest BCUT2D eigenvalue weighted by molar-refractivity contribution is -0.119. The van der Waals surface area contributed by atoms with Crippen LogP contribution in [0.5, 0.6) is 0 Å². The number of methoxy groups -OCH3 is 1. The monoisotopic (exact) mass is 291 g/mol. The van der Waals surface area contributed by atoms with E-state index in [1.807, 2.05) is 12.1 Å². The number of carbonyl (C=O) groups is 1. The van der Waals surface area contributed by atoms with Gasteiger partial charge in [-0.1, -0.05) is 0 Å². The van der Waals surface area contributed by atoms with E-state index in [4.69, 9.17) is 4.74 Å². The quantitative estimate of drug-likeness (QED) is 0.753. The molecule has 5 nitrogen and oxygen atoms in total. The van der Waals surface area contributed by atoms with Gasteiger partial charge in [0, 0.05) is 38.1 Å². The van der Waals surface area contributed by atoms with Crippen molar-refractivity contribution in [2.24, 2.45) is 0 Å². The summed E-state index contributed by atoms with van der Waals surface area (Å²) in [6, 6.07) is 8.31. The van der Waals surface area contributed by atoms with Gasteiger partial charge in [-0.15, -0.1) is 0 Å². The van der Waals surface area contributed by atoms with Gasteiger partial charge < -0.3 is 20.3 Å². The molecule has 0 aromatic heterocycles. The number of nitrogens with one attached hydrogen (secondary N) is 2. The topological polar surface area (TPSA) is 53.6 Å². The Kier molecular flexibility index (Phi) is 6.34. The van der Waals surface area contributed by atoms with E-state index in [1.54, 1.807) is 7.11 Å². The minimum atomic E-state index is -0.0212. The SMILES string of the molecule is COCCNC(=O)CNc1ccc(N2CCCCC2)cc1. The summed E-state index contributed by atoms with van der Waals surface area (Å²) in [6.07, 6.45) is 3.90. The number of ether oxygens (including phenoxy) is 1. The molecule has 0 unspecified atom stereocenters. The maximum Gasteiger partial charge on any atom is 0.239 e. The second-order valence-electron chi connectivity index (χ2n) is 5.29. The minimum absolute atomic E-state index is 0.0212. The lowest BCUT2D eigenvalue weighted by Crippen LogP contribution is -2.32. The van der Waals surface area contributed by atoms with Crippen LogP contribution < -0.4 is 15.5 Å². The normalized spacial score (nSPS) is 14.8. The van der Waals surface area contributed by atoms with Crippen LogP contribution in [0.25, 0.3) is 0 Å². The highest BCUT2D eigenvalue weighted by molar-refractivity contribution is 5.80. The summed E-state index contributed by atoms with van der Waals surface area (Å²) >= 11 is 0. The fourth-order valence-corrected chi connectivity index (χ4v) is 2.48. The Morgan fingerprint density at radius 2 is 1.90 bits per heavy atom. The van der Waals surface area contributed by atoms with Crippen molar-refractivity contribution in [3.05, 3.63) is 24.3 Å². The van der Waals surface area contributed by atoms with Crippen LogP contribution in [0.1, 0.15) is 19.3 Å². The first-order chi connectivity index (χ1) is 10.3. The Labute approximate surface area is 126 Å². The van der Waals surface area contributed by atoms with Crippen LogP contribution in [0.3, 0.4) is 0 Å². The molecule has 0 aliphatic carbocycles. The molecule has 1 fully saturated rings. The molecule has 1 aromatic rings. The number of nitrogens with zero attached hydrogens (tertiary/aromatic N) is 1. The van der Waals surface area contributed by atoms with Gasteiger partial charge in [-0.05, 0) is 43.5 Å². The van der Waals surface area contributed by atoms with Gasteiger partial charge in [0.15, 0.2) is 0 Å². The van der Waals surface area contributed by atoms with Crippen LogP contribution in [0.15, 0.2) is 24.3 Å². The third-order valence-electron chi connectivity index (χ3n) is 3.67. The summed E-state index contributed by atoms with van der Waals surface area (Å²) in [5.74, 6) is -0.0212. The zero-order chi connectivity index (χ0) is 14.9. The Morgan fingerprint density at radius 1 is 1.19 bits per heavy atom. The first-order valence-electron chi connectivity index (χ1n) is 7.64. The summed E-state index contributed by atoms with van der Waals surface area (Å²) in [4.78, 5) is 14.0. The molecule has 1 amide bonds. The molecule has 1 heterocycles. The zero-order valence-corrected chi connectivity index (χ0v) is 12.7. The van der Waals surface area contributed by atoms with E-state index in [0.29, 0.717) is 13.2 Å². The van der Waals surface area contributed by atoms with E-state index in [9.17, 15) is 4.79 Å². The van der Waals surface area contributed by atoms with Crippen molar-refractivity contribution in [2.45, 2.75) is 19.3 Å². The number of piperidine rings is 1. The molecule has 0 saturated carbocycles. The summed E-state index contributed by atoms with van der Waals surface area (Å²) < 4.78 is 4.89. The lowest BCUT2D eigenvalue weighted by atomic mass is 10.1. The highest BCUT2D eigenvalue weighted by Crippen LogP contribution is 2.21. The molecular weight excluding hydrogens is 266 g/mol. The van der Waals surface area contributed by atoms with Gasteiger partial charge in [0.05, 0.1) is 13.2 Å². The second kappa shape index (κ2) is 8.52.